The summed E-state index contributed by atoms with van der Waals surface area (Å²) in [5.41, 5.74) is 1.60. The zero-order valence-electron chi connectivity index (χ0n) is 14.3. The summed E-state index contributed by atoms with van der Waals surface area (Å²) in [7, 11) is 3.71. The monoisotopic (exact) mass is 356 g/mol. The molecule has 0 bridgehead atoms. The van der Waals surface area contributed by atoms with Crippen LogP contribution in [0.5, 0.6) is 0 Å². The predicted molar refractivity (Wildman–Crippen MR) is 98.0 cm³/mol. The van der Waals surface area contributed by atoms with Crippen LogP contribution in [0.2, 0.25) is 0 Å². The van der Waals surface area contributed by atoms with Crippen LogP contribution < -0.4 is 4.90 Å². The highest BCUT2D eigenvalue weighted by Crippen LogP contribution is 2.30. The van der Waals surface area contributed by atoms with Crippen LogP contribution in [-0.4, -0.2) is 56.7 Å². The second-order valence-electron chi connectivity index (χ2n) is 6.38. The molecular formula is C17H20N6OS. The number of fused-ring (bicyclic) bond motifs is 1. The van der Waals surface area contributed by atoms with E-state index in [1.807, 2.05) is 31.3 Å². The Morgan fingerprint density at radius 3 is 2.80 bits per heavy atom. The lowest BCUT2D eigenvalue weighted by Crippen LogP contribution is -2.45. The van der Waals surface area contributed by atoms with E-state index in [9.17, 15) is 4.79 Å². The number of nitrogens with zero attached hydrogens (tertiary/aromatic N) is 6. The third kappa shape index (κ3) is 3.09. The van der Waals surface area contributed by atoms with E-state index in [1.54, 1.807) is 34.6 Å². The highest BCUT2D eigenvalue weighted by Gasteiger charge is 2.27. The summed E-state index contributed by atoms with van der Waals surface area (Å²) in [6, 6.07) is 2.25. The first kappa shape index (κ1) is 16.0. The fraction of sp³-hybridized carbons (Fsp3) is 0.412. The normalized spacial score (nSPS) is 15.7. The second-order valence-corrected chi connectivity index (χ2v) is 7.39. The molecule has 1 amide bonds. The van der Waals surface area contributed by atoms with Crippen LogP contribution in [0.25, 0.3) is 10.2 Å². The molecule has 7 nitrogen and oxygen atoms in total. The summed E-state index contributed by atoms with van der Waals surface area (Å²) >= 11 is 1.70. The fourth-order valence-electron chi connectivity index (χ4n) is 3.25. The molecule has 0 radical (unpaired) electrons. The van der Waals surface area contributed by atoms with Crippen LogP contribution in [0.3, 0.4) is 0 Å². The zero-order chi connectivity index (χ0) is 17.4. The van der Waals surface area contributed by atoms with Gasteiger partial charge >= 0.3 is 0 Å². The van der Waals surface area contributed by atoms with Gasteiger partial charge in [0.25, 0.3) is 5.91 Å². The van der Waals surface area contributed by atoms with Crippen molar-refractivity contribution in [2.24, 2.45) is 7.05 Å². The average Bonchev–Trinajstić information content (AvgIpc) is 3.26. The lowest BCUT2D eigenvalue weighted by Gasteiger charge is -2.36. The van der Waals surface area contributed by atoms with Crippen molar-refractivity contribution >= 4 is 32.6 Å². The molecule has 3 aromatic rings. The molecule has 1 saturated heterocycles. The molecule has 0 saturated carbocycles. The molecule has 0 aromatic carbocycles. The van der Waals surface area contributed by atoms with Gasteiger partial charge in [-0.25, -0.2) is 4.98 Å². The number of rotatable bonds is 3. The van der Waals surface area contributed by atoms with E-state index in [2.05, 4.69) is 20.0 Å². The minimum Gasteiger partial charge on any atom is -0.348 e. The van der Waals surface area contributed by atoms with Gasteiger partial charge in [0.2, 0.25) is 0 Å². The van der Waals surface area contributed by atoms with Gasteiger partial charge in [0.1, 0.15) is 5.52 Å². The van der Waals surface area contributed by atoms with E-state index >= 15 is 0 Å². The summed E-state index contributed by atoms with van der Waals surface area (Å²) in [6.07, 6.45) is 8.89. The highest BCUT2D eigenvalue weighted by molar-refractivity contribution is 7.22. The second kappa shape index (κ2) is 6.44. The van der Waals surface area contributed by atoms with E-state index in [4.69, 9.17) is 0 Å². The van der Waals surface area contributed by atoms with Crippen molar-refractivity contribution in [2.75, 3.05) is 25.0 Å². The summed E-state index contributed by atoms with van der Waals surface area (Å²) in [5, 5.41) is 5.13. The minimum absolute atomic E-state index is 0.0395. The smallest absolute Gasteiger partial charge is 0.257 e. The SMILES string of the molecule is CN(C(=O)c1cnn(C)c1)C1CCN(c2nc3cnccc3s2)CC1. The summed E-state index contributed by atoms with van der Waals surface area (Å²) in [4.78, 5) is 25.5. The molecule has 0 atom stereocenters. The lowest BCUT2D eigenvalue weighted by atomic mass is 10.0. The number of amides is 1. The molecule has 1 aliphatic rings. The first-order valence-corrected chi connectivity index (χ1v) is 9.15. The van der Waals surface area contributed by atoms with Crippen molar-refractivity contribution in [3.05, 3.63) is 36.4 Å². The van der Waals surface area contributed by atoms with Gasteiger partial charge in [0, 0.05) is 45.6 Å². The topological polar surface area (TPSA) is 67.2 Å². The van der Waals surface area contributed by atoms with Gasteiger partial charge in [0.05, 0.1) is 22.7 Å². The summed E-state index contributed by atoms with van der Waals surface area (Å²) < 4.78 is 2.82. The molecule has 0 spiro atoms. The molecule has 130 valence electrons. The van der Waals surface area contributed by atoms with Gasteiger partial charge in [-0.1, -0.05) is 11.3 Å². The van der Waals surface area contributed by atoms with Crippen LogP contribution in [0, 0.1) is 0 Å². The molecule has 1 fully saturated rings. The van der Waals surface area contributed by atoms with Crippen LogP contribution in [0.4, 0.5) is 5.13 Å². The van der Waals surface area contributed by atoms with Crippen molar-refractivity contribution in [3.63, 3.8) is 0 Å². The number of hydrogen-bond donors (Lipinski definition) is 0. The summed E-state index contributed by atoms with van der Waals surface area (Å²) in [6.45, 7) is 1.81. The number of thiazole rings is 1. The van der Waals surface area contributed by atoms with E-state index in [0.717, 1.165) is 41.3 Å². The van der Waals surface area contributed by atoms with Gasteiger partial charge in [-0.05, 0) is 18.9 Å². The molecule has 4 heterocycles. The van der Waals surface area contributed by atoms with Crippen molar-refractivity contribution in [1.82, 2.24) is 24.6 Å². The standard InChI is InChI=1S/C17H20N6OS/c1-21-11-12(9-19-21)16(24)22(2)13-4-7-23(8-5-13)17-20-14-10-18-6-3-15(14)25-17/h3,6,9-11,13H,4-5,7-8H2,1-2H3. The largest absolute Gasteiger partial charge is 0.348 e. The number of carbonyl (C=O) groups is 1. The Bertz CT molecular complexity index is 862. The van der Waals surface area contributed by atoms with Gasteiger partial charge in [-0.2, -0.15) is 5.10 Å². The molecule has 3 aromatic heterocycles. The van der Waals surface area contributed by atoms with E-state index in [0.29, 0.717) is 5.56 Å². The Kier molecular flexibility index (Phi) is 4.12. The highest BCUT2D eigenvalue weighted by atomic mass is 32.1. The van der Waals surface area contributed by atoms with E-state index < -0.39 is 0 Å². The molecule has 8 heteroatoms. The van der Waals surface area contributed by atoms with E-state index in [-0.39, 0.29) is 11.9 Å². The molecule has 1 aliphatic heterocycles. The molecule has 0 unspecified atom stereocenters. The molecule has 0 N–H and O–H groups in total. The molecule has 25 heavy (non-hydrogen) atoms. The van der Waals surface area contributed by atoms with Gasteiger partial charge in [0.15, 0.2) is 5.13 Å². The zero-order valence-corrected chi connectivity index (χ0v) is 15.1. The van der Waals surface area contributed by atoms with Crippen molar-refractivity contribution in [1.29, 1.82) is 0 Å². The van der Waals surface area contributed by atoms with Crippen LogP contribution >= 0.6 is 11.3 Å². The number of aryl methyl sites for hydroxylation is 1. The lowest BCUT2D eigenvalue weighted by molar-refractivity contribution is 0.0709. The van der Waals surface area contributed by atoms with Crippen molar-refractivity contribution in [3.8, 4) is 0 Å². The van der Waals surface area contributed by atoms with Crippen molar-refractivity contribution in [2.45, 2.75) is 18.9 Å². The first-order valence-electron chi connectivity index (χ1n) is 8.33. The minimum atomic E-state index is 0.0395. The number of anilines is 1. The number of hydrogen-bond acceptors (Lipinski definition) is 6. The Balaban J connectivity index is 1.41. The number of aromatic nitrogens is 4. The van der Waals surface area contributed by atoms with Crippen LogP contribution in [-0.2, 0) is 7.05 Å². The maximum absolute atomic E-state index is 12.6. The predicted octanol–water partition coefficient (Wildman–Crippen LogP) is 2.17. The maximum atomic E-state index is 12.6. The van der Waals surface area contributed by atoms with Gasteiger partial charge in [-0.3, -0.25) is 14.5 Å². The third-order valence-electron chi connectivity index (χ3n) is 4.73. The Morgan fingerprint density at radius 1 is 1.32 bits per heavy atom. The fourth-order valence-corrected chi connectivity index (χ4v) is 4.23. The molecule has 4 rings (SSSR count). The molecular weight excluding hydrogens is 336 g/mol. The number of pyridine rings is 1. The quantitative estimate of drug-likeness (QED) is 0.719. The van der Waals surface area contributed by atoms with Crippen LogP contribution in [0.1, 0.15) is 23.2 Å². The Morgan fingerprint density at radius 2 is 2.12 bits per heavy atom. The van der Waals surface area contributed by atoms with Crippen LogP contribution in [0.15, 0.2) is 30.9 Å². The number of carbonyl (C=O) groups excluding carboxylic acids is 1. The Hall–Kier alpha value is -2.48. The van der Waals surface area contributed by atoms with Gasteiger partial charge in [-0.15, -0.1) is 0 Å². The Labute approximate surface area is 149 Å². The molecule has 0 aliphatic carbocycles. The third-order valence-corrected chi connectivity index (χ3v) is 5.83. The number of piperidine rings is 1. The average molecular weight is 356 g/mol. The maximum Gasteiger partial charge on any atom is 0.257 e. The first-order chi connectivity index (χ1) is 12.1. The van der Waals surface area contributed by atoms with E-state index in [1.165, 1.54) is 0 Å². The van der Waals surface area contributed by atoms with Gasteiger partial charge < -0.3 is 9.80 Å². The summed E-state index contributed by atoms with van der Waals surface area (Å²) in [5.74, 6) is 0.0395. The van der Waals surface area contributed by atoms with Crippen molar-refractivity contribution < 1.29 is 4.79 Å².